The van der Waals surface area contributed by atoms with Crippen LogP contribution in [0.4, 0.5) is 0 Å². The van der Waals surface area contributed by atoms with Crippen LogP contribution in [0.3, 0.4) is 0 Å². The van der Waals surface area contributed by atoms with Crippen molar-refractivity contribution >= 4 is 0 Å². The predicted octanol–water partition coefficient (Wildman–Crippen LogP) is 1.45. The van der Waals surface area contributed by atoms with E-state index in [4.69, 9.17) is 14.2 Å². The van der Waals surface area contributed by atoms with Gasteiger partial charge in [0.05, 0.1) is 26.4 Å². The average molecular weight is 245 g/mol. The summed E-state index contributed by atoms with van der Waals surface area (Å²) >= 11 is 0. The van der Waals surface area contributed by atoms with Crippen LogP contribution in [0, 0.1) is 5.41 Å². The molecule has 0 heterocycles. The van der Waals surface area contributed by atoms with Gasteiger partial charge in [0.25, 0.3) is 0 Å². The number of methoxy groups -OCH3 is 1. The van der Waals surface area contributed by atoms with Gasteiger partial charge in [-0.05, 0) is 31.7 Å². The van der Waals surface area contributed by atoms with Gasteiger partial charge in [0.1, 0.15) is 0 Å². The van der Waals surface area contributed by atoms with Crippen LogP contribution >= 0.6 is 0 Å². The third-order valence-electron chi connectivity index (χ3n) is 3.55. The maximum atomic E-state index is 5.60. The fraction of sp³-hybridized carbons (Fsp3) is 1.00. The van der Waals surface area contributed by atoms with E-state index < -0.39 is 0 Å². The molecule has 1 aliphatic rings. The number of hydrogen-bond donors (Lipinski definition) is 1. The van der Waals surface area contributed by atoms with E-state index in [2.05, 4.69) is 5.32 Å². The van der Waals surface area contributed by atoms with Crippen LogP contribution in [0.1, 0.15) is 25.7 Å². The Balaban J connectivity index is 1.89. The van der Waals surface area contributed by atoms with Gasteiger partial charge in [0.15, 0.2) is 0 Å². The van der Waals surface area contributed by atoms with Crippen molar-refractivity contribution in [3.05, 3.63) is 0 Å². The van der Waals surface area contributed by atoms with Gasteiger partial charge in [-0.25, -0.2) is 0 Å². The molecule has 0 atom stereocenters. The Morgan fingerprint density at radius 2 is 1.65 bits per heavy atom. The SMILES string of the molecule is CNCC1(CCOCCOCCOC)CCC1. The zero-order valence-electron chi connectivity index (χ0n) is 11.3. The minimum absolute atomic E-state index is 0.520. The first-order valence-corrected chi connectivity index (χ1v) is 6.62. The number of ether oxygens (including phenoxy) is 3. The van der Waals surface area contributed by atoms with Crippen molar-refractivity contribution in [1.82, 2.24) is 5.32 Å². The molecule has 1 rings (SSSR count). The van der Waals surface area contributed by atoms with E-state index in [0.717, 1.165) is 13.2 Å². The van der Waals surface area contributed by atoms with E-state index in [9.17, 15) is 0 Å². The molecule has 0 spiro atoms. The summed E-state index contributed by atoms with van der Waals surface area (Å²) in [5.74, 6) is 0. The standard InChI is InChI=1S/C13H27NO3/c1-14-12-13(4-3-5-13)6-7-16-10-11-17-9-8-15-2/h14H,3-12H2,1-2H3. The lowest BCUT2D eigenvalue weighted by atomic mass is 9.67. The van der Waals surface area contributed by atoms with Crippen molar-refractivity contribution in [2.24, 2.45) is 5.41 Å². The van der Waals surface area contributed by atoms with Crippen LogP contribution in [0.25, 0.3) is 0 Å². The lowest BCUT2D eigenvalue weighted by Crippen LogP contribution is -2.39. The van der Waals surface area contributed by atoms with Crippen molar-refractivity contribution in [3.8, 4) is 0 Å². The molecule has 0 aliphatic heterocycles. The van der Waals surface area contributed by atoms with E-state index in [1.54, 1.807) is 7.11 Å². The molecule has 0 bridgehead atoms. The van der Waals surface area contributed by atoms with Gasteiger partial charge in [-0.3, -0.25) is 0 Å². The monoisotopic (exact) mass is 245 g/mol. The Labute approximate surface area is 105 Å². The second-order valence-electron chi connectivity index (χ2n) is 4.85. The van der Waals surface area contributed by atoms with Gasteiger partial charge in [-0.2, -0.15) is 0 Å². The predicted molar refractivity (Wildman–Crippen MR) is 68.3 cm³/mol. The van der Waals surface area contributed by atoms with Gasteiger partial charge in [-0.15, -0.1) is 0 Å². The summed E-state index contributed by atoms with van der Waals surface area (Å²) in [5, 5.41) is 3.29. The van der Waals surface area contributed by atoms with E-state index in [1.165, 1.54) is 25.7 Å². The molecule has 4 heteroatoms. The van der Waals surface area contributed by atoms with Crippen molar-refractivity contribution in [2.45, 2.75) is 25.7 Å². The molecule has 0 aromatic rings. The molecule has 1 saturated carbocycles. The quantitative estimate of drug-likeness (QED) is 0.559. The molecule has 0 saturated heterocycles. The van der Waals surface area contributed by atoms with E-state index in [0.29, 0.717) is 31.8 Å². The van der Waals surface area contributed by atoms with Gasteiger partial charge in [-0.1, -0.05) is 6.42 Å². The normalized spacial score (nSPS) is 18.0. The highest BCUT2D eigenvalue weighted by Crippen LogP contribution is 2.43. The summed E-state index contributed by atoms with van der Waals surface area (Å²) in [4.78, 5) is 0. The molecule has 1 fully saturated rings. The van der Waals surface area contributed by atoms with Crippen LogP contribution < -0.4 is 5.32 Å². The number of hydrogen-bond acceptors (Lipinski definition) is 4. The molecular formula is C13H27NO3. The second kappa shape index (κ2) is 8.86. The van der Waals surface area contributed by atoms with Crippen molar-refractivity contribution in [3.63, 3.8) is 0 Å². The van der Waals surface area contributed by atoms with Gasteiger partial charge < -0.3 is 19.5 Å². The molecule has 0 unspecified atom stereocenters. The first kappa shape index (κ1) is 14.9. The molecule has 0 radical (unpaired) electrons. The summed E-state index contributed by atoms with van der Waals surface area (Å²) in [7, 11) is 3.71. The van der Waals surface area contributed by atoms with Gasteiger partial charge >= 0.3 is 0 Å². The maximum absolute atomic E-state index is 5.60. The van der Waals surface area contributed by atoms with Gasteiger partial charge in [0.2, 0.25) is 0 Å². The first-order chi connectivity index (χ1) is 8.33. The second-order valence-corrected chi connectivity index (χ2v) is 4.85. The summed E-state index contributed by atoms with van der Waals surface area (Å²) in [5.41, 5.74) is 0.520. The van der Waals surface area contributed by atoms with Crippen LogP contribution in [-0.2, 0) is 14.2 Å². The molecule has 1 N–H and O–H groups in total. The molecule has 0 amide bonds. The Morgan fingerprint density at radius 1 is 1.00 bits per heavy atom. The van der Waals surface area contributed by atoms with Crippen LogP contribution in [-0.4, -0.2) is 53.7 Å². The lowest BCUT2D eigenvalue weighted by Gasteiger charge is -2.42. The highest BCUT2D eigenvalue weighted by atomic mass is 16.5. The molecule has 102 valence electrons. The number of rotatable bonds is 11. The largest absolute Gasteiger partial charge is 0.382 e. The molecule has 0 aromatic carbocycles. The summed E-state index contributed by atoms with van der Waals surface area (Å²) in [6.45, 7) is 4.66. The minimum atomic E-state index is 0.520. The van der Waals surface area contributed by atoms with Crippen molar-refractivity contribution < 1.29 is 14.2 Å². The third kappa shape index (κ3) is 5.82. The topological polar surface area (TPSA) is 39.7 Å². The van der Waals surface area contributed by atoms with Crippen LogP contribution in [0.5, 0.6) is 0 Å². The zero-order chi connectivity index (χ0) is 12.4. The summed E-state index contributed by atoms with van der Waals surface area (Å²) < 4.78 is 15.8. The van der Waals surface area contributed by atoms with E-state index in [1.807, 2.05) is 7.05 Å². The van der Waals surface area contributed by atoms with Gasteiger partial charge in [0, 0.05) is 20.3 Å². The third-order valence-corrected chi connectivity index (χ3v) is 3.55. The van der Waals surface area contributed by atoms with Crippen molar-refractivity contribution in [2.75, 3.05) is 53.7 Å². The summed E-state index contributed by atoms with van der Waals surface area (Å²) in [6, 6.07) is 0. The highest BCUT2D eigenvalue weighted by Gasteiger charge is 2.35. The minimum Gasteiger partial charge on any atom is -0.382 e. The Bertz CT molecular complexity index is 184. The van der Waals surface area contributed by atoms with E-state index >= 15 is 0 Å². The molecule has 4 nitrogen and oxygen atoms in total. The summed E-state index contributed by atoms with van der Waals surface area (Å²) in [6.07, 6.45) is 5.25. The molecule has 1 aliphatic carbocycles. The van der Waals surface area contributed by atoms with Crippen LogP contribution in [0.15, 0.2) is 0 Å². The Hall–Kier alpha value is -0.160. The zero-order valence-corrected chi connectivity index (χ0v) is 11.3. The lowest BCUT2D eigenvalue weighted by molar-refractivity contribution is 0.00634. The Kier molecular flexibility index (Phi) is 7.77. The molecular weight excluding hydrogens is 218 g/mol. The number of nitrogens with one attached hydrogen (secondary N) is 1. The Morgan fingerprint density at radius 3 is 2.18 bits per heavy atom. The molecule has 0 aromatic heterocycles. The average Bonchev–Trinajstić information content (AvgIpc) is 2.29. The smallest absolute Gasteiger partial charge is 0.0701 e. The molecule has 17 heavy (non-hydrogen) atoms. The van der Waals surface area contributed by atoms with Crippen LogP contribution in [0.2, 0.25) is 0 Å². The fourth-order valence-corrected chi connectivity index (χ4v) is 2.32. The van der Waals surface area contributed by atoms with E-state index in [-0.39, 0.29) is 0 Å². The first-order valence-electron chi connectivity index (χ1n) is 6.62. The fourth-order valence-electron chi connectivity index (χ4n) is 2.32. The maximum Gasteiger partial charge on any atom is 0.0701 e. The highest BCUT2D eigenvalue weighted by molar-refractivity contribution is 4.88. The van der Waals surface area contributed by atoms with Crippen molar-refractivity contribution in [1.29, 1.82) is 0 Å².